The summed E-state index contributed by atoms with van der Waals surface area (Å²) in [6, 6.07) is 20.4. The van der Waals surface area contributed by atoms with Crippen molar-refractivity contribution in [3.63, 3.8) is 0 Å². The first-order valence-electron chi connectivity index (χ1n) is 7.35. The van der Waals surface area contributed by atoms with E-state index in [9.17, 15) is 0 Å². The maximum absolute atomic E-state index is 8.68. The minimum Gasteiger partial charge on any atom is -0.542 e. The SMILES string of the molecule is C[C-]=O.[CH2-]Cc1ncc(-c2ccccc2)c(-c2ccccc2)n1.[Y]. The number of hydrogen-bond acceptors (Lipinski definition) is 3. The standard InChI is InChI=1S/C18H15N2.C2H3O.Y/c1-2-17-19-13-16(14-9-5-3-6-10-14)18(20-17)15-11-7-4-8-12-15;1-2-3;/h3-13H,1-2H2;1H3;/q2*-1;. The first kappa shape index (κ1) is 20.3. The van der Waals surface area contributed by atoms with Gasteiger partial charge in [0, 0.05) is 50.0 Å². The molecule has 2 aromatic carbocycles. The van der Waals surface area contributed by atoms with Crippen LogP contribution < -0.4 is 0 Å². The molecule has 24 heavy (non-hydrogen) atoms. The largest absolute Gasteiger partial charge is 0.542 e. The Kier molecular flexibility index (Phi) is 9.28. The molecule has 0 spiro atoms. The van der Waals surface area contributed by atoms with Crippen molar-refractivity contribution < 1.29 is 37.5 Å². The maximum atomic E-state index is 8.68. The molecule has 3 aromatic rings. The summed E-state index contributed by atoms with van der Waals surface area (Å²) in [7, 11) is 0. The molecule has 0 amide bonds. The Labute approximate surface area is 168 Å². The van der Waals surface area contributed by atoms with Crippen LogP contribution in [-0.2, 0) is 43.9 Å². The molecule has 0 saturated heterocycles. The van der Waals surface area contributed by atoms with Gasteiger partial charge in [-0.2, -0.15) is 6.92 Å². The Morgan fingerprint density at radius 1 is 0.958 bits per heavy atom. The Morgan fingerprint density at radius 3 is 1.96 bits per heavy atom. The smallest absolute Gasteiger partial charge is 0.0989 e. The van der Waals surface area contributed by atoms with Gasteiger partial charge < -0.3 is 11.7 Å². The molecule has 0 aliphatic rings. The average Bonchev–Trinajstić information content (AvgIpc) is 2.63. The molecule has 0 bridgehead atoms. The van der Waals surface area contributed by atoms with Crippen LogP contribution in [-0.4, -0.2) is 16.3 Å². The van der Waals surface area contributed by atoms with Crippen LogP contribution >= 0.6 is 0 Å². The Bertz CT molecular complexity index is 746. The topological polar surface area (TPSA) is 42.9 Å². The van der Waals surface area contributed by atoms with Gasteiger partial charge >= 0.3 is 0 Å². The monoisotopic (exact) mass is 391 g/mol. The molecule has 3 rings (SSSR count). The van der Waals surface area contributed by atoms with Crippen LogP contribution in [0.4, 0.5) is 0 Å². The second-order valence-electron chi connectivity index (χ2n) is 4.73. The number of benzene rings is 2. The molecule has 1 radical (unpaired) electrons. The van der Waals surface area contributed by atoms with Crippen molar-refractivity contribution in [3.05, 3.63) is 79.6 Å². The van der Waals surface area contributed by atoms with Crippen LogP contribution in [0, 0.1) is 6.92 Å². The molecule has 1 aromatic heterocycles. The van der Waals surface area contributed by atoms with E-state index in [2.05, 4.69) is 41.2 Å². The van der Waals surface area contributed by atoms with E-state index in [1.165, 1.54) is 13.2 Å². The second-order valence-corrected chi connectivity index (χ2v) is 4.73. The van der Waals surface area contributed by atoms with Crippen molar-refractivity contribution in [1.29, 1.82) is 0 Å². The zero-order valence-corrected chi connectivity index (χ0v) is 16.5. The first-order valence-corrected chi connectivity index (χ1v) is 7.35. The van der Waals surface area contributed by atoms with Crippen molar-refractivity contribution in [1.82, 2.24) is 9.97 Å². The predicted octanol–water partition coefficient (Wildman–Crippen LogP) is 4.30. The summed E-state index contributed by atoms with van der Waals surface area (Å²) in [5.74, 6) is 0.767. The van der Waals surface area contributed by atoms with Gasteiger partial charge in [-0.1, -0.05) is 60.7 Å². The van der Waals surface area contributed by atoms with E-state index in [4.69, 9.17) is 4.79 Å². The Hall–Kier alpha value is -1.71. The van der Waals surface area contributed by atoms with Crippen LogP contribution in [0.5, 0.6) is 0 Å². The van der Waals surface area contributed by atoms with Gasteiger partial charge in [0.2, 0.25) is 0 Å². The molecular formula is C20H18N2OY-2. The molecule has 0 N–H and O–H groups in total. The fourth-order valence-electron chi connectivity index (χ4n) is 2.18. The van der Waals surface area contributed by atoms with Crippen molar-refractivity contribution >= 4 is 6.29 Å². The zero-order valence-electron chi connectivity index (χ0n) is 13.6. The fourth-order valence-corrected chi connectivity index (χ4v) is 2.18. The fraction of sp³-hybridized carbons (Fsp3) is 0.100. The summed E-state index contributed by atoms with van der Waals surface area (Å²) in [5.41, 5.74) is 4.24. The third-order valence-corrected chi connectivity index (χ3v) is 3.19. The van der Waals surface area contributed by atoms with Gasteiger partial charge in [0.15, 0.2) is 0 Å². The summed E-state index contributed by atoms with van der Waals surface area (Å²) in [5, 5.41) is 0. The van der Waals surface area contributed by atoms with Gasteiger partial charge in [0.25, 0.3) is 0 Å². The third-order valence-electron chi connectivity index (χ3n) is 3.19. The first-order chi connectivity index (χ1) is 11.3. The molecule has 3 nitrogen and oxygen atoms in total. The molecule has 0 aliphatic carbocycles. The molecule has 1 heterocycles. The van der Waals surface area contributed by atoms with Gasteiger partial charge in [-0.15, -0.1) is 6.42 Å². The third kappa shape index (κ3) is 5.43. The predicted molar refractivity (Wildman–Crippen MR) is 93.3 cm³/mol. The Balaban J connectivity index is 0.000000671. The quantitative estimate of drug-likeness (QED) is 0.626. The number of rotatable bonds is 3. The van der Waals surface area contributed by atoms with E-state index < -0.39 is 0 Å². The zero-order chi connectivity index (χ0) is 16.5. The van der Waals surface area contributed by atoms with Crippen LogP contribution in [0.3, 0.4) is 0 Å². The van der Waals surface area contributed by atoms with Crippen LogP contribution in [0.1, 0.15) is 12.7 Å². The van der Waals surface area contributed by atoms with Gasteiger partial charge in [0.05, 0.1) is 11.5 Å². The van der Waals surface area contributed by atoms with E-state index in [0.29, 0.717) is 6.42 Å². The minimum absolute atomic E-state index is 0. The molecule has 119 valence electrons. The number of aromatic nitrogens is 2. The van der Waals surface area contributed by atoms with E-state index in [1.807, 2.05) is 42.6 Å². The summed E-state index contributed by atoms with van der Waals surface area (Å²) in [6.07, 6.45) is 3.99. The van der Waals surface area contributed by atoms with Gasteiger partial charge in [-0.05, 0) is 5.56 Å². The van der Waals surface area contributed by atoms with Crippen LogP contribution in [0.15, 0.2) is 66.9 Å². The molecule has 4 heteroatoms. The summed E-state index contributed by atoms with van der Waals surface area (Å²) in [6.45, 7) is 5.19. The second kappa shape index (κ2) is 11.0. The van der Waals surface area contributed by atoms with Gasteiger partial charge in [0.1, 0.15) is 0 Å². The summed E-state index contributed by atoms with van der Waals surface area (Å²) < 4.78 is 0. The van der Waals surface area contributed by atoms with Gasteiger partial charge in [-0.25, -0.2) is 9.97 Å². The number of hydrogen-bond donors (Lipinski definition) is 0. The number of nitrogens with zero attached hydrogens (tertiary/aromatic N) is 2. The molecular weight excluding hydrogens is 373 g/mol. The van der Waals surface area contributed by atoms with Crippen LogP contribution in [0.25, 0.3) is 22.4 Å². The Morgan fingerprint density at radius 2 is 1.46 bits per heavy atom. The van der Waals surface area contributed by atoms with Gasteiger partial charge in [-0.3, -0.25) is 6.29 Å². The maximum Gasteiger partial charge on any atom is 0.0989 e. The van der Waals surface area contributed by atoms with Crippen molar-refractivity contribution in [3.8, 4) is 22.4 Å². The molecule has 0 saturated carbocycles. The normalized spacial score (nSPS) is 9.25. The van der Waals surface area contributed by atoms with Crippen molar-refractivity contribution in [2.45, 2.75) is 13.3 Å². The average molecular weight is 391 g/mol. The van der Waals surface area contributed by atoms with Crippen molar-refractivity contribution in [2.75, 3.05) is 0 Å². The van der Waals surface area contributed by atoms with Crippen LogP contribution in [0.2, 0.25) is 0 Å². The van der Waals surface area contributed by atoms with Crippen molar-refractivity contribution in [2.24, 2.45) is 0 Å². The van der Waals surface area contributed by atoms with E-state index >= 15 is 0 Å². The molecule has 0 fully saturated rings. The van der Waals surface area contributed by atoms with E-state index in [1.54, 1.807) is 0 Å². The van der Waals surface area contributed by atoms with E-state index in [0.717, 1.165) is 28.2 Å². The van der Waals surface area contributed by atoms with E-state index in [-0.39, 0.29) is 32.7 Å². The minimum atomic E-state index is 0. The summed E-state index contributed by atoms with van der Waals surface area (Å²) >= 11 is 0. The molecule has 0 aliphatic heterocycles. The number of carbonyl (C=O) groups excluding carboxylic acids is 1. The summed E-state index contributed by atoms with van der Waals surface area (Å²) in [4.78, 5) is 17.7. The molecule has 0 atom stereocenters. The molecule has 0 unspecified atom stereocenters.